The van der Waals surface area contributed by atoms with E-state index in [2.05, 4.69) is 15.9 Å². The second-order valence-corrected chi connectivity index (χ2v) is 7.93. The number of benzene rings is 1. The van der Waals surface area contributed by atoms with Crippen LogP contribution in [0.4, 0.5) is 0 Å². The molecule has 2 bridgehead atoms. The van der Waals surface area contributed by atoms with Gasteiger partial charge >= 0.3 is 0 Å². The number of halogens is 1. The van der Waals surface area contributed by atoms with Crippen molar-refractivity contribution in [3.63, 3.8) is 0 Å². The molecule has 3 aliphatic rings. The molecule has 4 heteroatoms. The minimum absolute atomic E-state index is 0.00576. The summed E-state index contributed by atoms with van der Waals surface area (Å²) in [5, 5.41) is 0. The monoisotopic (exact) mass is 360 g/mol. The zero-order valence-corrected chi connectivity index (χ0v) is 14.3. The van der Waals surface area contributed by atoms with Crippen LogP contribution in [0.3, 0.4) is 0 Å². The standard InChI is InChI=1S/C18H17BrO3/c1-8-6-9(2)12(10(3)7-8)14-16(20)13-11-4-5-18(19,22-11)15(13)17(14)21/h4-7,11,13-15H,1-3H3/t11-,13-,14?,15+,18+/m0/s1. The highest BCUT2D eigenvalue weighted by molar-refractivity contribution is 9.10. The number of ketones is 2. The number of hydrogen-bond donors (Lipinski definition) is 0. The molecule has 0 spiro atoms. The second-order valence-electron chi connectivity index (χ2n) is 6.69. The van der Waals surface area contributed by atoms with Gasteiger partial charge in [-0.25, -0.2) is 0 Å². The summed E-state index contributed by atoms with van der Waals surface area (Å²) in [7, 11) is 0. The lowest BCUT2D eigenvalue weighted by atomic mass is 9.85. The first-order valence-corrected chi connectivity index (χ1v) is 8.34. The average molecular weight is 361 g/mol. The SMILES string of the molecule is Cc1cc(C)c(C2C(=O)[C@H]3[C@@H]4C=C[C@@](Br)(O4)[C@H]3C2=O)c(C)c1. The molecule has 1 aromatic rings. The van der Waals surface area contributed by atoms with Gasteiger partial charge in [0, 0.05) is 0 Å². The fourth-order valence-corrected chi connectivity index (χ4v) is 5.34. The number of ether oxygens (including phenoxy) is 1. The third-order valence-corrected chi connectivity index (χ3v) is 6.14. The largest absolute Gasteiger partial charge is 0.351 e. The molecule has 114 valence electrons. The number of carbonyl (C=O) groups excluding carboxylic acids is 2. The topological polar surface area (TPSA) is 43.4 Å². The Hall–Kier alpha value is -1.26. The van der Waals surface area contributed by atoms with E-state index >= 15 is 0 Å². The van der Waals surface area contributed by atoms with Crippen LogP contribution in [0.25, 0.3) is 0 Å². The molecule has 2 aliphatic heterocycles. The Balaban J connectivity index is 1.84. The van der Waals surface area contributed by atoms with Crippen molar-refractivity contribution in [1.82, 2.24) is 0 Å². The van der Waals surface area contributed by atoms with Crippen molar-refractivity contribution in [2.75, 3.05) is 0 Å². The summed E-state index contributed by atoms with van der Waals surface area (Å²) in [5.74, 6) is -1.38. The van der Waals surface area contributed by atoms with Gasteiger partial charge in [-0.2, -0.15) is 0 Å². The van der Waals surface area contributed by atoms with E-state index in [0.717, 1.165) is 22.3 Å². The number of aryl methyl sites for hydroxylation is 3. The highest BCUT2D eigenvalue weighted by Crippen LogP contribution is 2.57. The van der Waals surface area contributed by atoms with Gasteiger partial charge in [-0.05, 0) is 59.5 Å². The molecule has 1 saturated heterocycles. The molecule has 1 aromatic carbocycles. The Bertz CT molecular complexity index is 728. The number of Topliss-reactive ketones (excluding diaryl/α,β-unsaturated/α-hetero) is 2. The third kappa shape index (κ3) is 1.65. The second kappa shape index (κ2) is 4.39. The maximum atomic E-state index is 13.0. The normalized spacial score (nSPS) is 38.9. The van der Waals surface area contributed by atoms with E-state index in [9.17, 15) is 9.59 Å². The minimum atomic E-state index is -0.781. The van der Waals surface area contributed by atoms with Crippen LogP contribution in [0, 0.1) is 32.6 Å². The molecule has 2 heterocycles. The lowest BCUT2D eigenvalue weighted by Crippen LogP contribution is -2.32. The highest BCUT2D eigenvalue weighted by Gasteiger charge is 2.67. The van der Waals surface area contributed by atoms with Crippen LogP contribution in [0.1, 0.15) is 28.2 Å². The van der Waals surface area contributed by atoms with Crippen LogP contribution < -0.4 is 0 Å². The molecule has 5 atom stereocenters. The molecule has 0 aromatic heterocycles. The molecule has 0 N–H and O–H groups in total. The van der Waals surface area contributed by atoms with E-state index < -0.39 is 16.3 Å². The smallest absolute Gasteiger partial charge is 0.155 e. The van der Waals surface area contributed by atoms with Crippen LogP contribution in [0.15, 0.2) is 24.3 Å². The molecule has 0 radical (unpaired) electrons. The zero-order valence-electron chi connectivity index (χ0n) is 12.7. The zero-order chi connectivity index (χ0) is 15.8. The predicted molar refractivity (Wildman–Crippen MR) is 86.1 cm³/mol. The van der Waals surface area contributed by atoms with Gasteiger partial charge in [0.25, 0.3) is 0 Å². The Kier molecular flexibility index (Phi) is 2.86. The first kappa shape index (κ1) is 14.3. The summed E-state index contributed by atoms with van der Waals surface area (Å²) in [6.07, 6.45) is 3.51. The van der Waals surface area contributed by atoms with Crippen LogP contribution in [0.5, 0.6) is 0 Å². The number of alkyl halides is 1. The molecule has 1 unspecified atom stereocenters. The molecular formula is C18H17BrO3. The van der Waals surface area contributed by atoms with Crippen molar-refractivity contribution >= 4 is 27.5 Å². The first-order chi connectivity index (χ1) is 10.3. The van der Waals surface area contributed by atoms with Crippen molar-refractivity contribution in [2.45, 2.75) is 37.3 Å². The fraction of sp³-hybridized carbons (Fsp3) is 0.444. The van der Waals surface area contributed by atoms with Crippen molar-refractivity contribution in [3.8, 4) is 0 Å². The summed E-state index contributed by atoms with van der Waals surface area (Å²) >= 11 is 3.53. The van der Waals surface area contributed by atoms with E-state index in [0.29, 0.717) is 0 Å². The van der Waals surface area contributed by atoms with Crippen molar-refractivity contribution in [1.29, 1.82) is 0 Å². The highest BCUT2D eigenvalue weighted by atomic mass is 79.9. The van der Waals surface area contributed by atoms with Gasteiger partial charge in [-0.15, -0.1) is 0 Å². The number of hydrogen-bond acceptors (Lipinski definition) is 3. The van der Waals surface area contributed by atoms with Crippen molar-refractivity contribution in [3.05, 3.63) is 46.5 Å². The first-order valence-electron chi connectivity index (χ1n) is 7.55. The maximum absolute atomic E-state index is 13.0. The molecule has 4 rings (SSSR count). The van der Waals surface area contributed by atoms with Crippen LogP contribution >= 0.6 is 15.9 Å². The van der Waals surface area contributed by atoms with E-state index in [1.165, 1.54) is 0 Å². The molecule has 2 fully saturated rings. The van der Waals surface area contributed by atoms with Gasteiger partial charge in [0.1, 0.15) is 5.92 Å². The maximum Gasteiger partial charge on any atom is 0.155 e. The fourth-order valence-electron chi connectivity index (χ4n) is 4.46. The van der Waals surface area contributed by atoms with Crippen molar-refractivity contribution in [2.24, 2.45) is 11.8 Å². The average Bonchev–Trinajstić information content (AvgIpc) is 3.01. The molecule has 3 nitrogen and oxygen atoms in total. The Labute approximate surface area is 137 Å². The minimum Gasteiger partial charge on any atom is -0.351 e. The van der Waals surface area contributed by atoms with E-state index in [1.54, 1.807) is 0 Å². The number of rotatable bonds is 1. The number of carbonyl (C=O) groups is 2. The summed E-state index contributed by atoms with van der Waals surface area (Å²) in [4.78, 5) is 26.0. The van der Waals surface area contributed by atoms with Crippen LogP contribution in [-0.2, 0) is 14.3 Å². The molecular weight excluding hydrogens is 344 g/mol. The Morgan fingerprint density at radius 1 is 1.09 bits per heavy atom. The molecule has 1 saturated carbocycles. The summed E-state index contributed by atoms with van der Waals surface area (Å²) in [6, 6.07) is 4.09. The molecule has 0 amide bonds. The number of fused-ring (bicyclic) bond motifs is 5. The lowest BCUT2D eigenvalue weighted by molar-refractivity contribution is -0.127. The quantitative estimate of drug-likeness (QED) is 0.439. The van der Waals surface area contributed by atoms with Gasteiger partial charge in [0.05, 0.1) is 17.9 Å². The van der Waals surface area contributed by atoms with Gasteiger partial charge in [0.2, 0.25) is 0 Å². The van der Waals surface area contributed by atoms with Gasteiger partial charge in [-0.1, -0.05) is 23.8 Å². The van der Waals surface area contributed by atoms with Crippen molar-refractivity contribution < 1.29 is 14.3 Å². The Morgan fingerprint density at radius 2 is 1.73 bits per heavy atom. The van der Waals surface area contributed by atoms with Gasteiger partial charge in [-0.3, -0.25) is 9.59 Å². The predicted octanol–water partition coefficient (Wildman–Crippen LogP) is 3.14. The summed E-state index contributed by atoms with van der Waals surface area (Å²) in [5.41, 5.74) is 4.09. The van der Waals surface area contributed by atoms with Crippen LogP contribution in [0.2, 0.25) is 0 Å². The van der Waals surface area contributed by atoms with E-state index in [-0.39, 0.29) is 23.6 Å². The lowest BCUT2D eigenvalue weighted by Gasteiger charge is -2.22. The third-order valence-electron chi connectivity index (χ3n) is 5.20. The summed E-state index contributed by atoms with van der Waals surface area (Å²) < 4.78 is 5.01. The van der Waals surface area contributed by atoms with Gasteiger partial charge < -0.3 is 4.74 Å². The van der Waals surface area contributed by atoms with Gasteiger partial charge in [0.15, 0.2) is 16.1 Å². The van der Waals surface area contributed by atoms with E-state index in [1.807, 2.05) is 45.1 Å². The Morgan fingerprint density at radius 3 is 2.32 bits per heavy atom. The van der Waals surface area contributed by atoms with Crippen LogP contribution in [-0.4, -0.2) is 22.2 Å². The summed E-state index contributed by atoms with van der Waals surface area (Å²) in [6.45, 7) is 6.00. The molecule has 1 aliphatic carbocycles. The molecule has 22 heavy (non-hydrogen) atoms. The van der Waals surface area contributed by atoms with E-state index in [4.69, 9.17) is 4.74 Å².